The molecule has 9 heteroatoms. The summed E-state index contributed by atoms with van der Waals surface area (Å²) in [6, 6.07) is 12.6. The van der Waals surface area contributed by atoms with Crippen LogP contribution >= 0.6 is 27.3 Å². The maximum Gasteiger partial charge on any atom is 0.185 e. The standard InChI is InChI=1S/C22H23BrN2O4S2/c1-28-16-6-7-19(21(13-16)29-2)20-14-30-22(24-20)25-10-8-17(9-11-25)31(26,27)18-5-3-4-15(23)12-18/h3-7,12-14,17H,8-11H2,1-2H3. The summed E-state index contributed by atoms with van der Waals surface area (Å²) in [5.74, 6) is 1.43. The van der Waals surface area contributed by atoms with Crippen LogP contribution in [-0.4, -0.2) is 46.0 Å². The Hall–Kier alpha value is -2.10. The lowest BCUT2D eigenvalue weighted by molar-refractivity contribution is 0.395. The van der Waals surface area contributed by atoms with E-state index in [1.165, 1.54) is 0 Å². The van der Waals surface area contributed by atoms with Gasteiger partial charge in [0.1, 0.15) is 11.5 Å². The highest BCUT2D eigenvalue weighted by atomic mass is 79.9. The van der Waals surface area contributed by atoms with Gasteiger partial charge >= 0.3 is 0 Å². The summed E-state index contributed by atoms with van der Waals surface area (Å²) in [5.41, 5.74) is 1.74. The molecule has 1 aliphatic rings. The van der Waals surface area contributed by atoms with Crippen LogP contribution in [0.5, 0.6) is 11.5 Å². The highest BCUT2D eigenvalue weighted by molar-refractivity contribution is 9.10. The first-order valence-electron chi connectivity index (χ1n) is 9.84. The predicted octanol–water partition coefficient (Wildman–Crippen LogP) is 5.03. The zero-order valence-electron chi connectivity index (χ0n) is 17.2. The summed E-state index contributed by atoms with van der Waals surface area (Å²) in [6.45, 7) is 1.31. The third-order valence-electron chi connectivity index (χ3n) is 5.45. The molecule has 0 atom stereocenters. The third kappa shape index (κ3) is 4.58. The van der Waals surface area contributed by atoms with Crippen LogP contribution < -0.4 is 14.4 Å². The molecule has 0 aliphatic carbocycles. The molecule has 6 nitrogen and oxygen atoms in total. The van der Waals surface area contributed by atoms with E-state index >= 15 is 0 Å². The second-order valence-corrected chi connectivity index (χ2v) is 11.3. The number of sulfone groups is 1. The van der Waals surface area contributed by atoms with Crippen LogP contribution in [-0.2, 0) is 9.84 Å². The molecular formula is C22H23BrN2O4S2. The first kappa shape index (κ1) is 22.1. The predicted molar refractivity (Wildman–Crippen MR) is 127 cm³/mol. The summed E-state index contributed by atoms with van der Waals surface area (Å²) in [4.78, 5) is 7.34. The number of nitrogens with zero attached hydrogens (tertiary/aromatic N) is 2. The van der Waals surface area contributed by atoms with Crippen molar-refractivity contribution in [2.45, 2.75) is 23.0 Å². The lowest BCUT2D eigenvalue weighted by Crippen LogP contribution is -2.39. The van der Waals surface area contributed by atoms with Gasteiger partial charge in [-0.25, -0.2) is 13.4 Å². The maximum atomic E-state index is 13.0. The van der Waals surface area contributed by atoms with E-state index in [4.69, 9.17) is 14.5 Å². The highest BCUT2D eigenvalue weighted by Gasteiger charge is 2.32. The minimum absolute atomic E-state index is 0.376. The lowest BCUT2D eigenvalue weighted by Gasteiger charge is -2.31. The average Bonchev–Trinajstić information content (AvgIpc) is 3.28. The van der Waals surface area contributed by atoms with E-state index in [0.29, 0.717) is 36.6 Å². The van der Waals surface area contributed by atoms with Crippen LogP contribution in [0.25, 0.3) is 11.3 Å². The largest absolute Gasteiger partial charge is 0.497 e. The molecule has 1 saturated heterocycles. The number of benzene rings is 2. The Morgan fingerprint density at radius 2 is 1.87 bits per heavy atom. The van der Waals surface area contributed by atoms with Crippen molar-refractivity contribution in [3.8, 4) is 22.8 Å². The highest BCUT2D eigenvalue weighted by Crippen LogP contribution is 2.37. The van der Waals surface area contributed by atoms with E-state index < -0.39 is 9.84 Å². The van der Waals surface area contributed by atoms with Crippen molar-refractivity contribution in [2.24, 2.45) is 0 Å². The Labute approximate surface area is 194 Å². The van der Waals surface area contributed by atoms with Gasteiger partial charge in [0.05, 0.1) is 30.1 Å². The molecule has 3 aromatic rings. The van der Waals surface area contributed by atoms with E-state index in [1.54, 1.807) is 43.8 Å². The van der Waals surface area contributed by atoms with Gasteiger partial charge in [-0.1, -0.05) is 22.0 Å². The lowest BCUT2D eigenvalue weighted by atomic mass is 10.1. The number of piperidine rings is 1. The summed E-state index contributed by atoms with van der Waals surface area (Å²) < 4.78 is 37.6. The van der Waals surface area contributed by atoms with E-state index in [1.807, 2.05) is 29.6 Å². The third-order valence-corrected chi connectivity index (χ3v) is 9.11. The van der Waals surface area contributed by atoms with Gasteiger partial charge in [0.2, 0.25) is 0 Å². The fraction of sp³-hybridized carbons (Fsp3) is 0.318. The van der Waals surface area contributed by atoms with Crippen molar-refractivity contribution in [3.05, 3.63) is 52.3 Å². The number of hydrogen-bond donors (Lipinski definition) is 0. The molecule has 0 spiro atoms. The molecule has 0 N–H and O–H groups in total. The van der Waals surface area contributed by atoms with Gasteiger partial charge in [-0.3, -0.25) is 0 Å². The summed E-state index contributed by atoms with van der Waals surface area (Å²) >= 11 is 4.92. The molecule has 0 radical (unpaired) electrons. The van der Waals surface area contributed by atoms with Crippen molar-refractivity contribution in [1.82, 2.24) is 4.98 Å². The van der Waals surface area contributed by atoms with Gasteiger partial charge in [0.15, 0.2) is 15.0 Å². The van der Waals surface area contributed by atoms with Crippen LogP contribution in [0.1, 0.15) is 12.8 Å². The number of hydrogen-bond acceptors (Lipinski definition) is 7. The summed E-state index contributed by atoms with van der Waals surface area (Å²) in [7, 11) is -0.0977. The first-order chi connectivity index (χ1) is 14.9. The Balaban J connectivity index is 1.48. The number of anilines is 1. The van der Waals surface area contributed by atoms with Crippen LogP contribution in [0.4, 0.5) is 5.13 Å². The number of methoxy groups -OCH3 is 2. The molecule has 1 aliphatic heterocycles. The quantitative estimate of drug-likeness (QED) is 0.452. The van der Waals surface area contributed by atoms with Crippen LogP contribution in [0.3, 0.4) is 0 Å². The van der Waals surface area contributed by atoms with Crippen molar-refractivity contribution in [3.63, 3.8) is 0 Å². The molecule has 2 heterocycles. The maximum absolute atomic E-state index is 13.0. The molecular weight excluding hydrogens is 500 g/mol. The van der Waals surface area contributed by atoms with Gasteiger partial charge in [-0.15, -0.1) is 11.3 Å². The zero-order valence-corrected chi connectivity index (χ0v) is 20.5. The van der Waals surface area contributed by atoms with Crippen LogP contribution in [0, 0.1) is 0 Å². The van der Waals surface area contributed by atoms with Crippen molar-refractivity contribution in [1.29, 1.82) is 0 Å². The van der Waals surface area contributed by atoms with E-state index in [2.05, 4.69) is 20.8 Å². The van der Waals surface area contributed by atoms with E-state index in [-0.39, 0.29) is 5.25 Å². The van der Waals surface area contributed by atoms with Gasteiger partial charge in [0, 0.05) is 34.6 Å². The molecule has 1 fully saturated rings. The molecule has 0 unspecified atom stereocenters. The number of halogens is 1. The molecule has 31 heavy (non-hydrogen) atoms. The number of aromatic nitrogens is 1. The van der Waals surface area contributed by atoms with Gasteiger partial charge in [-0.2, -0.15) is 0 Å². The molecule has 0 bridgehead atoms. The fourth-order valence-electron chi connectivity index (χ4n) is 3.74. The topological polar surface area (TPSA) is 68.7 Å². The molecule has 0 saturated carbocycles. The SMILES string of the molecule is COc1ccc(-c2csc(N3CCC(S(=O)(=O)c4cccc(Br)c4)CC3)n2)c(OC)c1. The van der Waals surface area contributed by atoms with Gasteiger partial charge < -0.3 is 14.4 Å². The minimum atomic E-state index is -3.35. The smallest absolute Gasteiger partial charge is 0.185 e. The Morgan fingerprint density at radius 1 is 1.10 bits per heavy atom. The Bertz CT molecular complexity index is 1170. The van der Waals surface area contributed by atoms with Crippen LogP contribution in [0.15, 0.2) is 57.2 Å². The Kier molecular flexibility index (Phi) is 6.55. The Morgan fingerprint density at radius 3 is 2.55 bits per heavy atom. The number of thiazole rings is 1. The normalized spacial score (nSPS) is 15.1. The van der Waals surface area contributed by atoms with Crippen LogP contribution in [0.2, 0.25) is 0 Å². The second kappa shape index (κ2) is 9.18. The molecule has 2 aromatic carbocycles. The monoisotopic (exact) mass is 522 g/mol. The zero-order chi connectivity index (χ0) is 22.0. The second-order valence-electron chi connectivity index (χ2n) is 7.27. The molecule has 164 valence electrons. The number of rotatable bonds is 6. The van der Waals surface area contributed by atoms with Crippen molar-refractivity contribution in [2.75, 3.05) is 32.2 Å². The summed E-state index contributed by atoms with van der Waals surface area (Å²) in [5, 5.41) is 2.52. The average molecular weight is 523 g/mol. The van der Waals surface area contributed by atoms with E-state index in [9.17, 15) is 8.42 Å². The van der Waals surface area contributed by atoms with E-state index in [0.717, 1.165) is 26.6 Å². The van der Waals surface area contributed by atoms with Crippen molar-refractivity contribution < 1.29 is 17.9 Å². The van der Waals surface area contributed by atoms with Gasteiger partial charge in [-0.05, 0) is 43.2 Å². The summed E-state index contributed by atoms with van der Waals surface area (Å²) in [6.07, 6.45) is 1.16. The molecule has 0 amide bonds. The number of ether oxygens (including phenoxy) is 2. The minimum Gasteiger partial charge on any atom is -0.497 e. The first-order valence-corrected chi connectivity index (χ1v) is 13.1. The van der Waals surface area contributed by atoms with Gasteiger partial charge in [0.25, 0.3) is 0 Å². The molecule has 4 rings (SSSR count). The fourth-order valence-corrected chi connectivity index (χ4v) is 6.94. The molecule has 1 aromatic heterocycles. The van der Waals surface area contributed by atoms with Crippen molar-refractivity contribution >= 4 is 42.2 Å².